The molecule has 0 fully saturated rings. The van der Waals surface area contributed by atoms with Crippen LogP contribution >= 0.6 is 0 Å². The van der Waals surface area contributed by atoms with Crippen LogP contribution in [0.25, 0.3) is 11.4 Å². The molecule has 4 rings (SSSR count). The van der Waals surface area contributed by atoms with E-state index in [0.29, 0.717) is 28.8 Å². The standard InChI is InChI=1S/C20H16N2O6/c23-15(14-6-7-16-17(10-14)27-12-26-16)11-25-19(24)9-8-18-21-20(22-28-18)13-4-2-1-3-5-13/h1-7,10H,8-9,11-12H2. The van der Waals surface area contributed by atoms with Crippen LogP contribution in [0.15, 0.2) is 53.1 Å². The molecule has 0 bridgehead atoms. The summed E-state index contributed by atoms with van der Waals surface area (Å²) >= 11 is 0. The molecule has 8 nitrogen and oxygen atoms in total. The molecule has 0 amide bonds. The molecule has 8 heteroatoms. The normalized spacial score (nSPS) is 12.0. The molecule has 28 heavy (non-hydrogen) atoms. The second-order valence-electron chi connectivity index (χ2n) is 6.03. The topological polar surface area (TPSA) is 101 Å². The summed E-state index contributed by atoms with van der Waals surface area (Å²) in [5, 5.41) is 3.89. The van der Waals surface area contributed by atoms with E-state index >= 15 is 0 Å². The summed E-state index contributed by atoms with van der Waals surface area (Å²) in [6, 6.07) is 14.2. The van der Waals surface area contributed by atoms with Crippen LogP contribution in [0.2, 0.25) is 0 Å². The van der Waals surface area contributed by atoms with Crippen molar-refractivity contribution in [1.29, 1.82) is 0 Å². The van der Waals surface area contributed by atoms with Gasteiger partial charge in [0.2, 0.25) is 18.5 Å². The number of ketones is 1. The molecule has 0 saturated heterocycles. The Balaban J connectivity index is 1.26. The third-order valence-corrected chi connectivity index (χ3v) is 4.10. The molecule has 0 N–H and O–H groups in total. The van der Waals surface area contributed by atoms with E-state index in [0.717, 1.165) is 5.56 Å². The van der Waals surface area contributed by atoms with Gasteiger partial charge in [0.15, 0.2) is 23.9 Å². The monoisotopic (exact) mass is 380 g/mol. The van der Waals surface area contributed by atoms with E-state index in [4.69, 9.17) is 18.7 Å². The minimum Gasteiger partial charge on any atom is -0.457 e. The molecule has 2 aromatic carbocycles. The molecule has 0 aliphatic carbocycles. The van der Waals surface area contributed by atoms with Crippen LogP contribution in [-0.4, -0.2) is 35.3 Å². The summed E-state index contributed by atoms with van der Waals surface area (Å²) in [6.45, 7) is -0.221. The fourth-order valence-corrected chi connectivity index (χ4v) is 2.64. The number of rotatable bonds is 7. The van der Waals surface area contributed by atoms with E-state index in [9.17, 15) is 9.59 Å². The predicted octanol–water partition coefficient (Wildman–Crippen LogP) is 2.82. The lowest BCUT2D eigenvalue weighted by molar-refractivity contribution is -0.142. The number of aryl methyl sites for hydroxylation is 1. The Morgan fingerprint density at radius 1 is 1.04 bits per heavy atom. The fraction of sp³-hybridized carbons (Fsp3) is 0.200. The maximum atomic E-state index is 12.2. The summed E-state index contributed by atoms with van der Waals surface area (Å²) in [7, 11) is 0. The molecule has 0 atom stereocenters. The molecule has 0 spiro atoms. The Labute approximate surface area is 160 Å². The lowest BCUT2D eigenvalue weighted by atomic mass is 10.1. The number of carbonyl (C=O) groups excluding carboxylic acids is 2. The highest BCUT2D eigenvalue weighted by Gasteiger charge is 2.17. The van der Waals surface area contributed by atoms with Crippen LogP contribution in [0.3, 0.4) is 0 Å². The highest BCUT2D eigenvalue weighted by Crippen LogP contribution is 2.32. The Morgan fingerprint density at radius 2 is 1.86 bits per heavy atom. The van der Waals surface area contributed by atoms with E-state index in [2.05, 4.69) is 10.1 Å². The Hall–Kier alpha value is -3.68. The number of hydrogen-bond acceptors (Lipinski definition) is 8. The molecular weight excluding hydrogens is 364 g/mol. The number of carbonyl (C=O) groups is 2. The molecule has 1 aromatic heterocycles. The first-order valence-corrected chi connectivity index (χ1v) is 8.65. The van der Waals surface area contributed by atoms with Crippen LogP contribution in [0, 0.1) is 0 Å². The number of fused-ring (bicyclic) bond motifs is 1. The third-order valence-electron chi connectivity index (χ3n) is 4.10. The van der Waals surface area contributed by atoms with Gasteiger partial charge in [-0.15, -0.1) is 0 Å². The van der Waals surface area contributed by atoms with Gasteiger partial charge in [-0.1, -0.05) is 35.5 Å². The quantitative estimate of drug-likeness (QED) is 0.456. The molecular formula is C20H16N2O6. The molecule has 3 aromatic rings. The zero-order valence-corrected chi connectivity index (χ0v) is 14.8. The predicted molar refractivity (Wildman–Crippen MR) is 95.9 cm³/mol. The highest BCUT2D eigenvalue weighted by atomic mass is 16.7. The van der Waals surface area contributed by atoms with Crippen LogP contribution in [0.4, 0.5) is 0 Å². The maximum Gasteiger partial charge on any atom is 0.306 e. The minimum atomic E-state index is -0.520. The minimum absolute atomic E-state index is 0.0326. The van der Waals surface area contributed by atoms with Gasteiger partial charge in [0.1, 0.15) is 0 Å². The highest BCUT2D eigenvalue weighted by molar-refractivity contribution is 5.98. The number of Topliss-reactive ketones (excluding diaryl/α,β-unsaturated/α-hetero) is 1. The van der Waals surface area contributed by atoms with Crippen LogP contribution < -0.4 is 9.47 Å². The number of benzene rings is 2. The smallest absolute Gasteiger partial charge is 0.306 e. The number of esters is 1. The van der Waals surface area contributed by atoms with Crippen molar-refractivity contribution < 1.29 is 28.3 Å². The van der Waals surface area contributed by atoms with Crippen LogP contribution in [0.1, 0.15) is 22.7 Å². The van der Waals surface area contributed by atoms with Crippen LogP contribution in [-0.2, 0) is 16.0 Å². The van der Waals surface area contributed by atoms with Gasteiger partial charge < -0.3 is 18.7 Å². The van der Waals surface area contributed by atoms with Gasteiger partial charge in [0, 0.05) is 17.5 Å². The van der Waals surface area contributed by atoms with E-state index in [-0.39, 0.29) is 32.0 Å². The van der Waals surface area contributed by atoms with Crippen molar-refractivity contribution in [3.63, 3.8) is 0 Å². The van der Waals surface area contributed by atoms with Crippen molar-refractivity contribution in [3.8, 4) is 22.9 Å². The Kier molecular flexibility index (Phi) is 5.01. The zero-order chi connectivity index (χ0) is 19.3. The summed E-state index contributed by atoms with van der Waals surface area (Å²) in [6.07, 6.45) is 0.266. The Morgan fingerprint density at radius 3 is 2.71 bits per heavy atom. The van der Waals surface area contributed by atoms with E-state index in [1.165, 1.54) is 0 Å². The van der Waals surface area contributed by atoms with Crippen molar-refractivity contribution in [2.24, 2.45) is 0 Å². The van der Waals surface area contributed by atoms with Gasteiger partial charge in [-0.3, -0.25) is 9.59 Å². The molecule has 0 unspecified atom stereocenters. The zero-order valence-electron chi connectivity index (χ0n) is 14.8. The first-order chi connectivity index (χ1) is 13.7. The van der Waals surface area contributed by atoms with Crippen molar-refractivity contribution in [2.75, 3.05) is 13.4 Å². The van der Waals surface area contributed by atoms with Gasteiger partial charge >= 0.3 is 5.97 Å². The lowest BCUT2D eigenvalue weighted by Crippen LogP contribution is -2.14. The maximum absolute atomic E-state index is 12.2. The average Bonchev–Trinajstić information content (AvgIpc) is 3.40. The average molecular weight is 380 g/mol. The number of hydrogen-bond donors (Lipinski definition) is 0. The first kappa shape index (κ1) is 17.7. The number of nitrogens with zero attached hydrogens (tertiary/aromatic N) is 2. The van der Waals surface area contributed by atoms with Crippen molar-refractivity contribution in [1.82, 2.24) is 10.1 Å². The Bertz CT molecular complexity index is 999. The summed E-state index contributed by atoms with van der Waals surface area (Å²) in [4.78, 5) is 28.3. The molecule has 1 aliphatic heterocycles. The van der Waals surface area contributed by atoms with Crippen molar-refractivity contribution >= 4 is 11.8 Å². The van der Waals surface area contributed by atoms with Gasteiger partial charge in [0.25, 0.3) is 0 Å². The second-order valence-corrected chi connectivity index (χ2v) is 6.03. The molecule has 0 radical (unpaired) electrons. The third kappa shape index (κ3) is 4.01. The van der Waals surface area contributed by atoms with Gasteiger partial charge in [0.05, 0.1) is 6.42 Å². The van der Waals surface area contributed by atoms with Gasteiger partial charge in [-0.05, 0) is 18.2 Å². The van der Waals surface area contributed by atoms with Gasteiger partial charge in [-0.25, -0.2) is 0 Å². The summed E-state index contributed by atoms with van der Waals surface area (Å²) < 4.78 is 20.6. The van der Waals surface area contributed by atoms with E-state index in [1.54, 1.807) is 18.2 Å². The molecule has 1 aliphatic rings. The molecule has 142 valence electrons. The summed E-state index contributed by atoms with van der Waals surface area (Å²) in [5.74, 6) is 1.04. The molecule has 2 heterocycles. The van der Waals surface area contributed by atoms with Crippen molar-refractivity contribution in [2.45, 2.75) is 12.8 Å². The van der Waals surface area contributed by atoms with Crippen LogP contribution in [0.5, 0.6) is 11.5 Å². The fourth-order valence-electron chi connectivity index (χ4n) is 2.64. The SMILES string of the molecule is O=C(CCc1nc(-c2ccccc2)no1)OCC(=O)c1ccc2c(c1)OCO2. The first-order valence-electron chi connectivity index (χ1n) is 8.65. The summed E-state index contributed by atoms with van der Waals surface area (Å²) in [5.41, 5.74) is 1.22. The second kappa shape index (κ2) is 7.91. The number of aromatic nitrogens is 2. The largest absolute Gasteiger partial charge is 0.457 e. The van der Waals surface area contributed by atoms with E-state index in [1.807, 2.05) is 30.3 Å². The molecule has 0 saturated carbocycles. The van der Waals surface area contributed by atoms with Crippen molar-refractivity contribution in [3.05, 3.63) is 60.0 Å². The number of ether oxygens (including phenoxy) is 3. The lowest BCUT2D eigenvalue weighted by Gasteiger charge is -2.04. The van der Waals surface area contributed by atoms with E-state index < -0.39 is 5.97 Å². The van der Waals surface area contributed by atoms with Gasteiger partial charge in [-0.2, -0.15) is 4.98 Å².